The molecule has 1 saturated carbocycles. The summed E-state index contributed by atoms with van der Waals surface area (Å²) in [4.78, 5) is -1.74. The summed E-state index contributed by atoms with van der Waals surface area (Å²) in [5, 5.41) is -0.570. The van der Waals surface area contributed by atoms with Gasteiger partial charge in [0.15, 0.2) is 0 Å². The van der Waals surface area contributed by atoms with Gasteiger partial charge in [0.05, 0.1) is 16.2 Å². The van der Waals surface area contributed by atoms with E-state index in [0.717, 1.165) is 0 Å². The number of halogens is 8. The van der Waals surface area contributed by atoms with Crippen molar-refractivity contribution in [2.75, 3.05) is 5.88 Å². The number of allylic oxidation sites excluding steroid dienone is 2. The average molecular weight is 412 g/mol. The fourth-order valence-electron chi connectivity index (χ4n) is 3.15. The Morgan fingerprint density at radius 1 is 1.11 bits per heavy atom. The lowest BCUT2D eigenvalue weighted by atomic mass is 9.69. The lowest BCUT2D eigenvalue weighted by Gasteiger charge is -2.46. The molecular formula is C10H8Cl8. The van der Waals surface area contributed by atoms with Crippen LogP contribution in [0.3, 0.4) is 0 Å². The molecule has 5 atom stereocenters. The van der Waals surface area contributed by atoms with Crippen molar-refractivity contribution in [3.8, 4) is 0 Å². The van der Waals surface area contributed by atoms with Gasteiger partial charge in [-0.3, -0.25) is 0 Å². The van der Waals surface area contributed by atoms with Gasteiger partial charge in [0.25, 0.3) is 0 Å². The van der Waals surface area contributed by atoms with Gasteiger partial charge in [-0.25, -0.2) is 0 Å². The Labute approximate surface area is 146 Å². The Hall–Kier alpha value is 2.06. The maximum Gasteiger partial charge on any atom is 0.120 e. The van der Waals surface area contributed by atoms with Gasteiger partial charge in [-0.1, -0.05) is 17.7 Å². The maximum atomic E-state index is 6.41. The summed E-state index contributed by atoms with van der Waals surface area (Å²) in [5.74, 6) is -0.142. The molecular weight excluding hydrogens is 404 g/mol. The molecule has 0 N–H and O–H groups in total. The van der Waals surface area contributed by atoms with E-state index in [9.17, 15) is 0 Å². The van der Waals surface area contributed by atoms with Crippen LogP contribution in [0.4, 0.5) is 0 Å². The van der Waals surface area contributed by atoms with E-state index < -0.39 is 31.3 Å². The highest BCUT2D eigenvalue weighted by Gasteiger charge is 2.76. The molecule has 0 radical (unpaired) electrons. The molecule has 18 heavy (non-hydrogen) atoms. The summed E-state index contributed by atoms with van der Waals surface area (Å²) in [6.45, 7) is 0. The van der Waals surface area contributed by atoms with Crippen LogP contribution in [-0.2, 0) is 0 Å². The minimum absolute atomic E-state index is 0.116. The molecule has 8 heteroatoms. The monoisotopic (exact) mass is 408 g/mol. The van der Waals surface area contributed by atoms with Crippen molar-refractivity contribution >= 4 is 92.8 Å². The van der Waals surface area contributed by atoms with Crippen molar-refractivity contribution < 1.29 is 0 Å². The molecule has 1 fully saturated rings. The van der Waals surface area contributed by atoms with E-state index >= 15 is 0 Å². The van der Waals surface area contributed by atoms with Crippen molar-refractivity contribution in [3.63, 3.8) is 0 Å². The fourth-order valence-corrected chi connectivity index (χ4v) is 7.52. The van der Waals surface area contributed by atoms with Crippen molar-refractivity contribution in [1.82, 2.24) is 0 Å². The predicted octanol–water partition coefficient (Wildman–Crippen LogP) is 5.79. The SMILES string of the molecule is ClCC1(C(Cl)Cl)C2C=C(Cl)C1(C(Cl)Cl)[C@@H](Cl)[C@@H]2Cl. The molecule has 0 nitrogen and oxygen atoms in total. The molecule has 0 amide bonds. The molecule has 0 aromatic rings. The first-order chi connectivity index (χ1) is 8.28. The second-order valence-electron chi connectivity index (χ2n) is 4.53. The number of hydrogen-bond acceptors (Lipinski definition) is 0. The number of hydrogen-bond donors (Lipinski definition) is 0. The summed E-state index contributed by atoms with van der Waals surface area (Å²) in [5.41, 5.74) is -1.88. The van der Waals surface area contributed by atoms with Crippen molar-refractivity contribution in [3.05, 3.63) is 11.1 Å². The summed E-state index contributed by atoms with van der Waals surface area (Å²) < 4.78 is 0. The van der Waals surface area contributed by atoms with Gasteiger partial charge in [-0.15, -0.1) is 81.2 Å². The standard InChI is InChI=1S/C10H8Cl8/c11-2-9(7(15)16)3-1-4(12)10(9,8(17)18)6(14)5(3)13/h1,3,5-8H,2H2/t3?,5-,6+,9?,10?/m1/s1. The molecule has 0 aromatic heterocycles. The third-order valence-corrected chi connectivity index (χ3v) is 7.71. The summed E-state index contributed by atoms with van der Waals surface area (Å²) >= 11 is 49.8. The zero-order chi connectivity index (χ0) is 13.9. The van der Waals surface area contributed by atoms with Crippen LogP contribution in [0, 0.1) is 16.7 Å². The first-order valence-corrected chi connectivity index (χ1v) is 8.59. The third kappa shape index (κ3) is 1.67. The van der Waals surface area contributed by atoms with Gasteiger partial charge in [-0.2, -0.15) is 0 Å². The molecule has 2 aliphatic rings. The van der Waals surface area contributed by atoms with Crippen LogP contribution in [-0.4, -0.2) is 26.3 Å². The topological polar surface area (TPSA) is 0 Å². The maximum absolute atomic E-state index is 6.41. The number of alkyl halides is 7. The summed E-state index contributed by atoms with van der Waals surface area (Å²) in [7, 11) is 0. The van der Waals surface area contributed by atoms with Crippen LogP contribution in [0.15, 0.2) is 11.1 Å². The quantitative estimate of drug-likeness (QED) is 0.516. The van der Waals surface area contributed by atoms with E-state index in [-0.39, 0.29) is 11.8 Å². The highest BCUT2D eigenvalue weighted by molar-refractivity contribution is 6.49. The minimum atomic E-state index is -1.02. The van der Waals surface area contributed by atoms with Crippen molar-refractivity contribution in [2.24, 2.45) is 16.7 Å². The normalized spacial score (nSPS) is 47.2. The number of fused-ring (bicyclic) bond motifs is 2. The Balaban J connectivity index is 2.70. The third-order valence-electron chi connectivity index (χ3n) is 4.10. The van der Waals surface area contributed by atoms with Crippen LogP contribution < -0.4 is 0 Å². The lowest BCUT2D eigenvalue weighted by molar-refractivity contribution is 0.170. The predicted molar refractivity (Wildman–Crippen MR) is 83.3 cm³/mol. The molecule has 0 spiro atoms. The van der Waals surface area contributed by atoms with Crippen LogP contribution in [0.25, 0.3) is 0 Å². The Bertz CT molecular complexity index is 380. The highest BCUT2D eigenvalue weighted by Crippen LogP contribution is 2.74. The summed E-state index contributed by atoms with van der Waals surface area (Å²) in [6.07, 6.45) is 1.77. The van der Waals surface area contributed by atoms with Crippen LogP contribution in [0.5, 0.6) is 0 Å². The molecule has 0 aliphatic heterocycles. The molecule has 3 unspecified atom stereocenters. The fraction of sp³-hybridized carbons (Fsp3) is 0.800. The first-order valence-electron chi connectivity index (χ1n) is 5.06. The van der Waals surface area contributed by atoms with E-state index in [4.69, 9.17) is 92.8 Å². The zero-order valence-electron chi connectivity index (χ0n) is 8.69. The largest absolute Gasteiger partial charge is 0.126 e. The van der Waals surface area contributed by atoms with Gasteiger partial charge in [0.2, 0.25) is 0 Å². The molecule has 0 heterocycles. The van der Waals surface area contributed by atoms with Gasteiger partial charge >= 0.3 is 0 Å². The average Bonchev–Trinajstić information content (AvgIpc) is 2.66. The van der Waals surface area contributed by atoms with E-state index in [1.165, 1.54) is 0 Å². The Morgan fingerprint density at radius 2 is 1.67 bits per heavy atom. The van der Waals surface area contributed by atoms with E-state index in [1.54, 1.807) is 6.08 Å². The molecule has 2 aliphatic carbocycles. The van der Waals surface area contributed by atoms with Crippen LogP contribution in [0.1, 0.15) is 0 Å². The minimum Gasteiger partial charge on any atom is -0.126 e. The van der Waals surface area contributed by atoms with Crippen LogP contribution >= 0.6 is 92.8 Å². The van der Waals surface area contributed by atoms with Gasteiger partial charge in [0, 0.05) is 22.2 Å². The van der Waals surface area contributed by atoms with E-state index in [1.807, 2.05) is 0 Å². The Kier molecular flexibility index (Phi) is 4.89. The smallest absolute Gasteiger partial charge is 0.120 e. The lowest BCUT2D eigenvalue weighted by Crippen LogP contribution is -2.51. The first kappa shape index (κ1) is 16.4. The highest BCUT2D eigenvalue weighted by atomic mass is 35.5. The molecule has 104 valence electrons. The van der Waals surface area contributed by atoms with Crippen molar-refractivity contribution in [2.45, 2.75) is 20.4 Å². The van der Waals surface area contributed by atoms with Crippen LogP contribution in [0.2, 0.25) is 0 Å². The number of rotatable bonds is 3. The zero-order valence-corrected chi connectivity index (χ0v) is 14.7. The van der Waals surface area contributed by atoms with Crippen molar-refractivity contribution in [1.29, 1.82) is 0 Å². The molecule has 2 bridgehead atoms. The van der Waals surface area contributed by atoms with Gasteiger partial charge in [0.1, 0.15) is 9.67 Å². The van der Waals surface area contributed by atoms with Gasteiger partial charge in [-0.05, 0) is 0 Å². The molecule has 2 rings (SSSR count). The second kappa shape index (κ2) is 5.36. The molecule has 0 saturated heterocycles. The summed E-state index contributed by atoms with van der Waals surface area (Å²) in [6, 6.07) is 0. The molecule has 0 aromatic carbocycles. The Morgan fingerprint density at radius 3 is 2.00 bits per heavy atom. The van der Waals surface area contributed by atoms with Gasteiger partial charge < -0.3 is 0 Å². The second-order valence-corrected chi connectivity index (χ2v) is 8.37. The van der Waals surface area contributed by atoms with E-state index in [2.05, 4.69) is 0 Å². The van der Waals surface area contributed by atoms with E-state index in [0.29, 0.717) is 5.03 Å².